The summed E-state index contributed by atoms with van der Waals surface area (Å²) in [5.41, 5.74) is 3.91. The average molecular weight is 556 g/mol. The van der Waals surface area contributed by atoms with Gasteiger partial charge in [0.2, 0.25) is 16.0 Å². The first-order valence-corrected chi connectivity index (χ1v) is 15.8. The van der Waals surface area contributed by atoms with E-state index in [-0.39, 0.29) is 17.0 Å². The zero-order valence-corrected chi connectivity index (χ0v) is 23.9. The van der Waals surface area contributed by atoms with Gasteiger partial charge in [0, 0.05) is 36.3 Å². The number of aromatic nitrogens is 3. The summed E-state index contributed by atoms with van der Waals surface area (Å²) >= 11 is 0. The molecule has 1 aromatic carbocycles. The highest BCUT2D eigenvalue weighted by Gasteiger charge is 2.28. The standard InChI is InChI=1S/C29H41N5O4S/c1-3-4-5-6-21(2)31-29-30-20-28-26(19-27(34(28)32-29)23-7-11-24(35)12-8-23)22-9-13-25(14-10-22)39(36,37)33-15-17-38-18-16-33/h9-10,13-14,19-21,23-24,35H,3-8,11-12,15-18H2,1-2H3,(H,31,32)/t21-,23?,24?/m0/s1. The lowest BCUT2D eigenvalue weighted by atomic mass is 9.85. The van der Waals surface area contributed by atoms with Crippen molar-refractivity contribution in [2.75, 3.05) is 31.6 Å². The summed E-state index contributed by atoms with van der Waals surface area (Å²) in [6.45, 7) is 5.96. The van der Waals surface area contributed by atoms with E-state index >= 15 is 0 Å². The maximum absolute atomic E-state index is 13.1. The molecule has 1 atom stereocenters. The van der Waals surface area contributed by atoms with E-state index in [1.807, 2.05) is 22.8 Å². The number of ether oxygens (including phenoxy) is 1. The number of benzene rings is 1. The molecular weight excluding hydrogens is 514 g/mol. The van der Waals surface area contributed by atoms with Crippen molar-refractivity contribution in [3.63, 3.8) is 0 Å². The third kappa shape index (κ3) is 6.29. The monoisotopic (exact) mass is 555 g/mol. The minimum atomic E-state index is -3.55. The summed E-state index contributed by atoms with van der Waals surface area (Å²) in [5, 5.41) is 18.5. The van der Waals surface area contributed by atoms with Crippen molar-refractivity contribution in [3.8, 4) is 11.1 Å². The predicted octanol–water partition coefficient (Wildman–Crippen LogP) is 4.82. The Labute approximate surface area is 231 Å². The smallest absolute Gasteiger partial charge is 0.243 e. The molecule has 1 aliphatic carbocycles. The van der Waals surface area contributed by atoms with Gasteiger partial charge in [-0.25, -0.2) is 17.9 Å². The number of fused-ring (bicyclic) bond motifs is 1. The third-order valence-corrected chi connectivity index (χ3v) is 9.96. The lowest BCUT2D eigenvalue weighted by Gasteiger charge is -2.26. The van der Waals surface area contributed by atoms with E-state index in [1.54, 1.807) is 12.1 Å². The fraction of sp³-hybridized carbons (Fsp3) is 0.586. The minimum absolute atomic E-state index is 0.233. The number of morpholine rings is 1. The molecule has 1 saturated carbocycles. The van der Waals surface area contributed by atoms with Crippen LogP contribution in [0.4, 0.5) is 5.95 Å². The Balaban J connectivity index is 1.46. The Morgan fingerprint density at radius 2 is 1.82 bits per heavy atom. The second-order valence-corrected chi connectivity index (χ2v) is 12.9. The fourth-order valence-electron chi connectivity index (χ4n) is 5.71. The number of hydrogen-bond acceptors (Lipinski definition) is 7. The molecule has 2 fully saturated rings. The summed E-state index contributed by atoms with van der Waals surface area (Å²) in [7, 11) is -3.55. The van der Waals surface area contributed by atoms with Gasteiger partial charge in [-0.05, 0) is 62.8 Å². The molecule has 0 amide bonds. The highest BCUT2D eigenvalue weighted by atomic mass is 32.2. The second-order valence-electron chi connectivity index (χ2n) is 10.9. The SMILES string of the molecule is CCCCC[C@H](C)Nc1ncc2c(-c3ccc(S(=O)(=O)N4CCOCC4)cc3)cc(C3CCC(O)CC3)n2n1. The number of aliphatic hydroxyl groups excluding tert-OH is 1. The van der Waals surface area contributed by atoms with Crippen LogP contribution in [-0.4, -0.2) is 70.9 Å². The molecule has 9 nitrogen and oxygen atoms in total. The molecule has 0 radical (unpaired) electrons. The molecule has 0 spiro atoms. The van der Waals surface area contributed by atoms with Crippen LogP contribution in [0.1, 0.15) is 76.8 Å². The normalized spacial score (nSPS) is 21.7. The van der Waals surface area contributed by atoms with Crippen LogP contribution < -0.4 is 5.32 Å². The first-order valence-electron chi connectivity index (χ1n) is 14.4. The summed E-state index contributed by atoms with van der Waals surface area (Å²) in [6, 6.07) is 9.58. The quantitative estimate of drug-likeness (QED) is 0.345. The van der Waals surface area contributed by atoms with Crippen molar-refractivity contribution in [1.29, 1.82) is 0 Å². The number of rotatable bonds is 10. The van der Waals surface area contributed by atoms with Gasteiger partial charge >= 0.3 is 0 Å². The first kappa shape index (κ1) is 28.0. The molecule has 1 aliphatic heterocycles. The van der Waals surface area contributed by atoms with E-state index in [0.717, 1.165) is 54.4 Å². The van der Waals surface area contributed by atoms with Gasteiger partial charge in [-0.2, -0.15) is 4.31 Å². The molecule has 0 unspecified atom stereocenters. The Kier molecular flexibility index (Phi) is 8.86. The van der Waals surface area contributed by atoms with E-state index < -0.39 is 10.0 Å². The molecule has 3 aromatic rings. The molecule has 0 bridgehead atoms. The van der Waals surface area contributed by atoms with Crippen LogP contribution in [0.25, 0.3) is 16.6 Å². The van der Waals surface area contributed by atoms with Crippen molar-refractivity contribution < 1.29 is 18.3 Å². The zero-order valence-electron chi connectivity index (χ0n) is 23.1. The van der Waals surface area contributed by atoms with Crippen LogP contribution in [0.3, 0.4) is 0 Å². The van der Waals surface area contributed by atoms with Crippen LogP contribution in [-0.2, 0) is 14.8 Å². The van der Waals surface area contributed by atoms with Crippen LogP contribution in [0.2, 0.25) is 0 Å². The van der Waals surface area contributed by atoms with E-state index in [4.69, 9.17) is 9.84 Å². The average Bonchev–Trinajstić information content (AvgIpc) is 3.33. The number of nitrogens with zero attached hydrogens (tertiary/aromatic N) is 4. The van der Waals surface area contributed by atoms with Crippen LogP contribution in [0.5, 0.6) is 0 Å². The number of nitrogens with one attached hydrogen (secondary N) is 1. The van der Waals surface area contributed by atoms with Crippen LogP contribution in [0, 0.1) is 0 Å². The van der Waals surface area contributed by atoms with Crippen LogP contribution in [0.15, 0.2) is 41.4 Å². The van der Waals surface area contributed by atoms with Crippen LogP contribution >= 0.6 is 0 Å². The van der Waals surface area contributed by atoms with Gasteiger partial charge < -0.3 is 15.2 Å². The largest absolute Gasteiger partial charge is 0.393 e. The highest BCUT2D eigenvalue weighted by molar-refractivity contribution is 7.89. The van der Waals surface area contributed by atoms with Gasteiger partial charge in [0.1, 0.15) is 0 Å². The lowest BCUT2D eigenvalue weighted by Crippen LogP contribution is -2.40. The van der Waals surface area contributed by atoms with E-state index in [9.17, 15) is 13.5 Å². The number of hydrogen-bond donors (Lipinski definition) is 2. The molecule has 2 aromatic heterocycles. The van der Waals surface area contributed by atoms with Gasteiger partial charge in [-0.15, -0.1) is 5.10 Å². The summed E-state index contributed by atoms with van der Waals surface area (Å²) in [5.74, 6) is 0.901. The van der Waals surface area contributed by atoms with Gasteiger partial charge in [0.25, 0.3) is 0 Å². The molecule has 1 saturated heterocycles. The third-order valence-electron chi connectivity index (χ3n) is 8.05. The molecule has 10 heteroatoms. The molecule has 3 heterocycles. The molecule has 2 aliphatic rings. The van der Waals surface area contributed by atoms with Crippen molar-refractivity contribution >= 4 is 21.5 Å². The molecule has 212 valence electrons. The second kappa shape index (κ2) is 12.3. The topological polar surface area (TPSA) is 109 Å². The summed E-state index contributed by atoms with van der Waals surface area (Å²) < 4.78 is 35.0. The summed E-state index contributed by atoms with van der Waals surface area (Å²) in [6.07, 6.45) is 9.67. The minimum Gasteiger partial charge on any atom is -0.393 e. The fourth-order valence-corrected chi connectivity index (χ4v) is 7.12. The number of anilines is 1. The maximum Gasteiger partial charge on any atom is 0.243 e. The van der Waals surface area contributed by atoms with E-state index in [1.165, 1.54) is 23.6 Å². The van der Waals surface area contributed by atoms with Gasteiger partial charge in [-0.1, -0.05) is 38.3 Å². The van der Waals surface area contributed by atoms with E-state index in [0.29, 0.717) is 38.2 Å². The Bertz CT molecular complexity index is 1340. The molecule has 5 rings (SSSR count). The maximum atomic E-state index is 13.1. The van der Waals surface area contributed by atoms with Crippen molar-refractivity contribution in [2.24, 2.45) is 0 Å². The Morgan fingerprint density at radius 3 is 2.51 bits per heavy atom. The number of sulfonamides is 1. The zero-order chi connectivity index (χ0) is 27.4. The Morgan fingerprint density at radius 1 is 1.10 bits per heavy atom. The van der Waals surface area contributed by atoms with Crippen molar-refractivity contribution in [2.45, 2.75) is 88.2 Å². The first-order chi connectivity index (χ1) is 18.9. The van der Waals surface area contributed by atoms with Gasteiger partial charge in [0.15, 0.2) is 0 Å². The van der Waals surface area contributed by atoms with Gasteiger partial charge in [0.05, 0.1) is 35.9 Å². The van der Waals surface area contributed by atoms with Crippen molar-refractivity contribution in [3.05, 3.63) is 42.2 Å². The van der Waals surface area contributed by atoms with Crippen molar-refractivity contribution in [1.82, 2.24) is 18.9 Å². The lowest BCUT2D eigenvalue weighted by molar-refractivity contribution is 0.0730. The van der Waals surface area contributed by atoms with E-state index in [2.05, 4.69) is 30.2 Å². The highest BCUT2D eigenvalue weighted by Crippen LogP contribution is 2.38. The number of aliphatic hydroxyl groups is 1. The Hall–Kier alpha value is -2.53. The molecular formula is C29H41N5O4S. The molecule has 39 heavy (non-hydrogen) atoms. The summed E-state index contributed by atoms with van der Waals surface area (Å²) in [4.78, 5) is 4.94. The predicted molar refractivity (Wildman–Crippen MR) is 152 cm³/mol. The number of unbranched alkanes of at least 4 members (excludes halogenated alkanes) is 2. The van der Waals surface area contributed by atoms with Gasteiger partial charge in [-0.3, -0.25) is 0 Å². The molecule has 2 N–H and O–H groups in total.